The molecular formula is C28H38O7S. The second-order valence-corrected chi connectivity index (χ2v) is 10.6. The lowest BCUT2D eigenvalue weighted by molar-refractivity contribution is -0.141. The predicted octanol–water partition coefficient (Wildman–Crippen LogP) is 3.93. The Morgan fingerprint density at radius 2 is 1.78 bits per heavy atom. The molecule has 0 heterocycles. The summed E-state index contributed by atoms with van der Waals surface area (Å²) < 4.78 is 22.1. The number of aliphatic hydroxyl groups is 1. The topological polar surface area (TPSA) is 107 Å². The maximum Gasteiger partial charge on any atom is 0.305 e. The van der Waals surface area contributed by atoms with Gasteiger partial charge in [-0.15, -0.1) is 0 Å². The molecule has 0 aromatic carbocycles. The molecule has 0 radical (unpaired) electrons. The molecule has 2 rings (SSSR count). The van der Waals surface area contributed by atoms with Gasteiger partial charge in [0, 0.05) is 36.5 Å². The van der Waals surface area contributed by atoms with Crippen molar-refractivity contribution >= 4 is 28.5 Å². The van der Waals surface area contributed by atoms with Gasteiger partial charge in [-0.1, -0.05) is 49.3 Å². The second-order valence-electron chi connectivity index (χ2n) is 9.09. The lowest BCUT2D eigenvalue weighted by Crippen LogP contribution is -2.15. The molecule has 198 valence electrons. The van der Waals surface area contributed by atoms with E-state index in [1.54, 1.807) is 18.2 Å². The first-order valence-electron chi connectivity index (χ1n) is 12.7. The molecule has 1 N–H and O–H groups in total. The van der Waals surface area contributed by atoms with Crippen LogP contribution in [-0.4, -0.2) is 53.1 Å². The lowest BCUT2D eigenvalue weighted by atomic mass is 9.96. The maximum atomic E-state index is 13.1. The summed E-state index contributed by atoms with van der Waals surface area (Å²) in [6.07, 6.45) is 14.2. The van der Waals surface area contributed by atoms with Crippen LogP contribution in [0.4, 0.5) is 0 Å². The highest BCUT2D eigenvalue weighted by Gasteiger charge is 2.32. The van der Waals surface area contributed by atoms with Gasteiger partial charge >= 0.3 is 11.9 Å². The molecule has 0 saturated heterocycles. The van der Waals surface area contributed by atoms with Gasteiger partial charge in [0.05, 0.1) is 36.0 Å². The number of rotatable bonds is 13. The molecule has 0 bridgehead atoms. The van der Waals surface area contributed by atoms with E-state index in [9.17, 15) is 23.7 Å². The molecule has 0 aromatic heterocycles. The maximum absolute atomic E-state index is 13.1. The zero-order valence-corrected chi connectivity index (χ0v) is 22.1. The average molecular weight is 519 g/mol. The Morgan fingerprint density at radius 1 is 1.11 bits per heavy atom. The largest absolute Gasteiger partial charge is 0.469 e. The minimum absolute atomic E-state index is 0.239. The number of Topliss-reactive ketones (excluding diaryl/α,β-unsaturated/α-hetero) is 1. The molecule has 36 heavy (non-hydrogen) atoms. The molecule has 3 unspecified atom stereocenters. The van der Waals surface area contributed by atoms with Crippen LogP contribution in [0.2, 0.25) is 0 Å². The molecular weight excluding hydrogens is 480 g/mol. The zero-order chi connectivity index (χ0) is 26.3. The van der Waals surface area contributed by atoms with Crippen LogP contribution in [0.1, 0.15) is 70.6 Å². The Bertz CT molecular complexity index is 945. The van der Waals surface area contributed by atoms with Gasteiger partial charge in [-0.2, -0.15) is 0 Å². The Balaban J connectivity index is 2.04. The first-order valence-corrected chi connectivity index (χ1v) is 14.0. The summed E-state index contributed by atoms with van der Waals surface area (Å²) in [6.45, 7) is 0. The van der Waals surface area contributed by atoms with E-state index in [1.165, 1.54) is 14.2 Å². The standard InChI is InChI=1S/C28H38O7S/c1-34-26(30)15-7-4-3-6-14-23-22(17-18-24(29)21-12-9-10-13-21)20-25(28(23)32)36(33)19-11-5-8-16-27(31)35-2/h14,17-18,20-22,24,29H,4-5,7-13,15-16,19H2,1-2H3. The van der Waals surface area contributed by atoms with Gasteiger partial charge in [-0.3, -0.25) is 18.6 Å². The van der Waals surface area contributed by atoms with Crippen molar-refractivity contribution in [1.29, 1.82) is 0 Å². The minimum atomic E-state index is -1.46. The fourth-order valence-corrected chi connectivity index (χ4v) is 5.64. The van der Waals surface area contributed by atoms with Crippen molar-refractivity contribution in [3.8, 4) is 11.8 Å². The van der Waals surface area contributed by atoms with E-state index in [-0.39, 0.29) is 35.0 Å². The van der Waals surface area contributed by atoms with E-state index in [0.29, 0.717) is 43.4 Å². The minimum Gasteiger partial charge on any atom is -0.469 e. The van der Waals surface area contributed by atoms with Gasteiger partial charge in [0.15, 0.2) is 5.78 Å². The van der Waals surface area contributed by atoms with E-state index in [0.717, 1.165) is 32.1 Å². The normalized spacial score (nSPS) is 20.8. The SMILES string of the molecule is COC(=O)CCCC#CC=C1C(=O)C(S(=O)CCCCCC(=O)OC)=CC1C=CC(O)C1CCCC1. The monoisotopic (exact) mass is 518 g/mol. The van der Waals surface area contributed by atoms with E-state index < -0.39 is 22.8 Å². The fourth-order valence-electron chi connectivity index (χ4n) is 4.33. The van der Waals surface area contributed by atoms with Crippen LogP contribution in [0.15, 0.2) is 34.8 Å². The van der Waals surface area contributed by atoms with Gasteiger partial charge in [0.25, 0.3) is 0 Å². The highest BCUT2D eigenvalue weighted by Crippen LogP contribution is 2.32. The van der Waals surface area contributed by atoms with Crippen molar-refractivity contribution in [3.63, 3.8) is 0 Å². The van der Waals surface area contributed by atoms with Crippen molar-refractivity contribution in [3.05, 3.63) is 34.8 Å². The molecule has 8 heteroatoms. The highest BCUT2D eigenvalue weighted by molar-refractivity contribution is 7.90. The molecule has 3 atom stereocenters. The van der Waals surface area contributed by atoms with E-state index in [2.05, 4.69) is 21.3 Å². The third-order valence-corrected chi connectivity index (χ3v) is 7.97. The van der Waals surface area contributed by atoms with Crippen molar-refractivity contribution in [2.45, 2.75) is 76.7 Å². The Kier molecular flexibility index (Phi) is 13.4. The summed E-state index contributed by atoms with van der Waals surface area (Å²) in [4.78, 5) is 35.8. The molecule has 1 saturated carbocycles. The number of ketones is 1. The second kappa shape index (κ2) is 16.3. The molecule has 0 spiro atoms. The van der Waals surface area contributed by atoms with Gasteiger partial charge in [-0.25, -0.2) is 0 Å². The number of methoxy groups -OCH3 is 2. The summed E-state index contributed by atoms with van der Waals surface area (Å²) in [6, 6.07) is 0. The summed E-state index contributed by atoms with van der Waals surface area (Å²) in [5, 5.41) is 10.5. The number of esters is 2. The zero-order valence-electron chi connectivity index (χ0n) is 21.3. The van der Waals surface area contributed by atoms with Gasteiger partial charge in [0.1, 0.15) is 0 Å². The first kappa shape index (κ1) is 29.7. The van der Waals surface area contributed by atoms with Crippen molar-refractivity contribution in [2.75, 3.05) is 20.0 Å². The molecule has 7 nitrogen and oxygen atoms in total. The third-order valence-electron chi connectivity index (χ3n) is 6.50. The number of hydrogen-bond donors (Lipinski definition) is 1. The van der Waals surface area contributed by atoms with Gasteiger partial charge in [0.2, 0.25) is 0 Å². The van der Waals surface area contributed by atoms with E-state index >= 15 is 0 Å². The Labute approximate surface area is 216 Å². The van der Waals surface area contributed by atoms with E-state index in [4.69, 9.17) is 0 Å². The Morgan fingerprint density at radius 3 is 2.44 bits per heavy atom. The molecule has 0 amide bonds. The molecule has 0 aliphatic heterocycles. The summed E-state index contributed by atoms with van der Waals surface area (Å²) in [7, 11) is 1.24. The first-order chi connectivity index (χ1) is 17.4. The summed E-state index contributed by atoms with van der Waals surface area (Å²) in [5.41, 5.74) is 0.444. The number of allylic oxidation sites excluding steroid dienone is 5. The number of hydrogen-bond acceptors (Lipinski definition) is 7. The molecule has 1 fully saturated rings. The molecule has 2 aliphatic carbocycles. The Hall–Kier alpha value is -2.50. The fraction of sp³-hybridized carbons (Fsp3) is 0.607. The average Bonchev–Trinajstić information content (AvgIpc) is 3.52. The van der Waals surface area contributed by atoms with Crippen LogP contribution >= 0.6 is 0 Å². The van der Waals surface area contributed by atoms with Crippen LogP contribution in [0.3, 0.4) is 0 Å². The smallest absolute Gasteiger partial charge is 0.305 e. The lowest BCUT2D eigenvalue weighted by Gasteiger charge is -2.14. The van der Waals surface area contributed by atoms with Crippen LogP contribution < -0.4 is 0 Å². The quantitative estimate of drug-likeness (QED) is 0.129. The van der Waals surface area contributed by atoms with Crippen LogP contribution in [0.25, 0.3) is 0 Å². The third kappa shape index (κ3) is 9.87. The van der Waals surface area contributed by atoms with Crippen molar-refractivity contribution in [2.24, 2.45) is 11.8 Å². The summed E-state index contributed by atoms with van der Waals surface area (Å²) in [5.74, 6) is 5.21. The van der Waals surface area contributed by atoms with Crippen molar-refractivity contribution in [1.82, 2.24) is 0 Å². The number of ether oxygens (including phenoxy) is 2. The summed E-state index contributed by atoms with van der Waals surface area (Å²) >= 11 is 0. The van der Waals surface area contributed by atoms with Crippen LogP contribution in [-0.2, 0) is 34.7 Å². The molecule has 2 aliphatic rings. The van der Waals surface area contributed by atoms with Crippen LogP contribution in [0.5, 0.6) is 0 Å². The number of carbonyl (C=O) groups is 3. The van der Waals surface area contributed by atoms with Gasteiger partial charge in [-0.05, 0) is 44.1 Å². The number of carbonyl (C=O) groups excluding carboxylic acids is 3. The van der Waals surface area contributed by atoms with Gasteiger partial charge < -0.3 is 14.6 Å². The highest BCUT2D eigenvalue weighted by atomic mass is 32.2. The van der Waals surface area contributed by atoms with Crippen molar-refractivity contribution < 1.29 is 33.2 Å². The molecule has 0 aromatic rings. The van der Waals surface area contributed by atoms with Crippen LogP contribution in [0, 0.1) is 23.7 Å². The predicted molar refractivity (Wildman–Crippen MR) is 139 cm³/mol. The number of aliphatic hydroxyl groups excluding tert-OH is 1. The number of unbranched alkanes of at least 4 members (excludes halogenated alkanes) is 3. The van der Waals surface area contributed by atoms with E-state index in [1.807, 2.05) is 6.08 Å².